The molecule has 6 atom stereocenters. The highest BCUT2D eigenvalue weighted by molar-refractivity contribution is 5.98. The molecular formula is C62H88N6O18. The maximum Gasteiger partial charge on any atom is 0.328 e. The largest absolute Gasteiger partial charge is 0.467 e. The van der Waals surface area contributed by atoms with Crippen LogP contribution >= 0.6 is 0 Å². The van der Waals surface area contributed by atoms with Crippen LogP contribution in [0.5, 0.6) is 0 Å². The molecule has 0 aliphatic carbocycles. The number of carbonyl (C=O) groups is 12. The van der Waals surface area contributed by atoms with Gasteiger partial charge in [-0.3, -0.25) is 28.8 Å². The molecule has 0 heterocycles. The second-order valence-corrected chi connectivity index (χ2v) is 18.7. The Morgan fingerprint density at radius 3 is 0.814 bits per heavy atom. The van der Waals surface area contributed by atoms with Crippen LogP contribution in [-0.4, -0.2) is 150 Å². The van der Waals surface area contributed by atoms with E-state index in [9.17, 15) is 57.5 Å². The van der Waals surface area contributed by atoms with Gasteiger partial charge in [-0.05, 0) is 88.8 Å². The monoisotopic (exact) mass is 1200 g/mol. The molecule has 0 saturated carbocycles. The van der Waals surface area contributed by atoms with E-state index in [-0.39, 0.29) is 42.9 Å². The van der Waals surface area contributed by atoms with Gasteiger partial charge in [0.2, 0.25) is 17.7 Å². The molecule has 0 fully saturated rings. The van der Waals surface area contributed by atoms with Gasteiger partial charge in [-0.15, -0.1) is 6.58 Å². The van der Waals surface area contributed by atoms with E-state index in [1.807, 2.05) is 26.0 Å². The van der Waals surface area contributed by atoms with Crippen LogP contribution in [0.4, 0.5) is 0 Å². The summed E-state index contributed by atoms with van der Waals surface area (Å²) in [6, 6.07) is 21.5. The lowest BCUT2D eigenvalue weighted by Crippen LogP contribution is -2.42. The number of carbonyl (C=O) groups excluding carboxylic acids is 12. The van der Waals surface area contributed by atoms with E-state index in [4.69, 9.17) is 9.47 Å². The number of hydrogen-bond acceptors (Lipinski definition) is 18. The van der Waals surface area contributed by atoms with Crippen molar-refractivity contribution in [3.63, 3.8) is 0 Å². The van der Waals surface area contributed by atoms with Gasteiger partial charge in [0.05, 0.1) is 42.7 Å². The Kier molecular flexibility index (Phi) is 42.4. The summed E-state index contributed by atoms with van der Waals surface area (Å²) in [6.45, 7) is 11.4. The molecule has 0 bridgehead atoms. The smallest absolute Gasteiger partial charge is 0.328 e. The van der Waals surface area contributed by atoms with Gasteiger partial charge >= 0.3 is 35.8 Å². The van der Waals surface area contributed by atoms with Crippen LogP contribution < -0.4 is 31.9 Å². The van der Waals surface area contributed by atoms with E-state index >= 15 is 0 Å². The molecule has 3 rings (SSSR count). The van der Waals surface area contributed by atoms with Crippen LogP contribution in [0.2, 0.25) is 0 Å². The normalized spacial score (nSPS) is 11.9. The summed E-state index contributed by atoms with van der Waals surface area (Å²) in [7, 11) is 7.61. The third kappa shape index (κ3) is 34.4. The summed E-state index contributed by atoms with van der Waals surface area (Å²) >= 11 is 0. The molecule has 474 valence electrons. The summed E-state index contributed by atoms with van der Waals surface area (Å²) in [5.74, 6) is -4.93. The predicted octanol–water partition coefficient (Wildman–Crippen LogP) is 5.58. The highest BCUT2D eigenvalue weighted by Gasteiger charge is 2.26. The minimum atomic E-state index is -0.816. The lowest BCUT2D eigenvalue weighted by molar-refractivity contribution is -0.145. The first kappa shape index (κ1) is 78.8. The molecular weight excluding hydrogens is 1120 g/mol. The molecule has 24 nitrogen and oxygen atoms in total. The van der Waals surface area contributed by atoms with Crippen molar-refractivity contribution >= 4 is 71.3 Å². The first-order valence-electron chi connectivity index (χ1n) is 27.0. The maximum absolute atomic E-state index is 12.4. The van der Waals surface area contributed by atoms with Crippen molar-refractivity contribution in [1.82, 2.24) is 31.9 Å². The minimum absolute atomic E-state index is 0. The van der Waals surface area contributed by atoms with Crippen molar-refractivity contribution in [1.29, 1.82) is 0 Å². The van der Waals surface area contributed by atoms with Gasteiger partial charge in [-0.1, -0.05) is 105 Å². The van der Waals surface area contributed by atoms with Gasteiger partial charge in [0, 0.05) is 37.5 Å². The molecule has 6 amide bonds. The number of hydrogen-bond donors (Lipinski definition) is 6. The Labute approximate surface area is 504 Å². The Balaban J connectivity index is 0. The summed E-state index contributed by atoms with van der Waals surface area (Å²) in [5.41, 5.74) is 2.49. The number of nitrogens with one attached hydrogen (secondary N) is 6. The van der Waals surface area contributed by atoms with Crippen LogP contribution in [0.1, 0.15) is 137 Å². The molecule has 86 heavy (non-hydrogen) atoms. The van der Waals surface area contributed by atoms with Crippen LogP contribution in [0, 0.1) is 0 Å². The van der Waals surface area contributed by atoms with Crippen LogP contribution in [0.25, 0.3) is 0 Å². The van der Waals surface area contributed by atoms with Crippen molar-refractivity contribution in [2.45, 2.75) is 143 Å². The van der Waals surface area contributed by atoms with Crippen molar-refractivity contribution in [3.8, 4) is 0 Å². The molecule has 6 N–H and O–H groups in total. The molecule has 0 aliphatic rings. The van der Waals surface area contributed by atoms with Crippen molar-refractivity contribution in [2.24, 2.45) is 0 Å². The average Bonchev–Trinajstić information content (AvgIpc) is 3.57. The third-order valence-corrected chi connectivity index (χ3v) is 11.7. The Morgan fingerprint density at radius 2 is 0.581 bits per heavy atom. The number of rotatable bonds is 29. The summed E-state index contributed by atoms with van der Waals surface area (Å²) in [5, 5.41) is 15.5. The maximum atomic E-state index is 12.4. The lowest BCUT2D eigenvalue weighted by atomic mass is 10.0. The predicted molar refractivity (Wildman–Crippen MR) is 321 cm³/mol. The van der Waals surface area contributed by atoms with Gasteiger partial charge in [0.25, 0.3) is 17.7 Å². The van der Waals surface area contributed by atoms with E-state index < -0.39 is 72.1 Å². The van der Waals surface area contributed by atoms with Gasteiger partial charge in [-0.25, -0.2) is 28.8 Å². The van der Waals surface area contributed by atoms with E-state index in [1.165, 1.54) is 63.4 Å². The van der Waals surface area contributed by atoms with Gasteiger partial charge in [-0.2, -0.15) is 0 Å². The minimum Gasteiger partial charge on any atom is -0.467 e. The highest BCUT2D eigenvalue weighted by Crippen LogP contribution is 2.13. The fourth-order valence-electron chi connectivity index (χ4n) is 7.42. The lowest BCUT2D eigenvalue weighted by Gasteiger charge is -2.18. The first-order valence-corrected chi connectivity index (χ1v) is 27.0. The third-order valence-electron chi connectivity index (χ3n) is 11.7. The number of benzene rings is 3. The number of methoxy groups -OCH3 is 6. The molecule has 0 unspecified atom stereocenters. The van der Waals surface area contributed by atoms with Crippen LogP contribution in [0.15, 0.2) is 115 Å². The zero-order chi connectivity index (χ0) is 64.3. The van der Waals surface area contributed by atoms with Crippen LogP contribution in [-0.2, 0) is 71.6 Å². The van der Waals surface area contributed by atoms with E-state index in [1.54, 1.807) is 91.0 Å². The van der Waals surface area contributed by atoms with E-state index in [2.05, 4.69) is 57.4 Å². The fourth-order valence-corrected chi connectivity index (χ4v) is 7.42. The number of esters is 6. The van der Waals surface area contributed by atoms with Gasteiger partial charge < -0.3 is 60.3 Å². The zero-order valence-corrected chi connectivity index (χ0v) is 50.4. The first-order chi connectivity index (χ1) is 40.4. The Hall–Kier alpha value is -9.22. The Morgan fingerprint density at radius 1 is 0.360 bits per heavy atom. The number of ether oxygens (including phenoxy) is 6. The molecule has 24 heteroatoms. The van der Waals surface area contributed by atoms with E-state index in [0.717, 1.165) is 5.57 Å². The SMILES string of the molecule is C.C=CC[C@H](NC(=O)c1ccccc1)C(=O)OC.COC(=O)[C@H](CC=C(C)C)NC(C)=O.COC(=O)[C@H](CCCC[C@H](NC(=O)c1ccccc1)C(=O)OC)NC(=O)c1ccccc1.COC(=O)[C@H](CCCC[C@H](NC(C)=O)C(=O)OC)NC(C)=O. The summed E-state index contributed by atoms with van der Waals surface area (Å²) < 4.78 is 28.0. The molecule has 0 saturated heterocycles. The van der Waals surface area contributed by atoms with Gasteiger partial charge in [0.15, 0.2) is 0 Å². The quantitative estimate of drug-likeness (QED) is 0.0214. The number of amides is 6. The summed E-state index contributed by atoms with van der Waals surface area (Å²) in [6.07, 6.45) is 7.87. The topological polar surface area (TPSA) is 332 Å². The molecule has 0 aliphatic heterocycles. The molecule has 3 aromatic carbocycles. The van der Waals surface area contributed by atoms with Crippen molar-refractivity contribution in [2.75, 3.05) is 42.7 Å². The second kappa shape index (κ2) is 46.2. The average molecular weight is 1210 g/mol. The number of unbranched alkanes of at least 4 members (excludes halogenated alkanes) is 2. The van der Waals surface area contributed by atoms with Crippen LogP contribution in [0.3, 0.4) is 0 Å². The second-order valence-electron chi connectivity index (χ2n) is 18.7. The molecule has 0 aromatic heterocycles. The fraction of sp³-hybridized carbons (Fsp3) is 0.452. The molecule has 3 aromatic rings. The Bertz CT molecular complexity index is 2520. The molecule has 0 spiro atoms. The zero-order valence-electron chi connectivity index (χ0n) is 50.4. The number of allylic oxidation sites excluding steroid dienone is 1. The van der Waals surface area contributed by atoms with E-state index in [0.29, 0.717) is 80.9 Å². The van der Waals surface area contributed by atoms with Crippen molar-refractivity contribution in [3.05, 3.63) is 132 Å². The highest BCUT2D eigenvalue weighted by atomic mass is 16.5. The standard InChI is InChI=1S/C24H28N2O6.C14H24N2O6.C13H15NO3.C10H17NO3.CH4/c1-31-23(29)19(25-21(27)17-11-5-3-6-12-17)15-9-10-16-20(24(30)32-2)26-22(28)18-13-7-4-8-14-18;1-9(17)15-11(13(19)21-3)7-5-6-8-12(14(20)22-4)16-10(2)18;1-3-7-11(13(16)17-2)14-12(15)10-8-5-4-6-9-10;1-7(2)5-6-9(10(13)14-4)11-8(3)12;/h3-8,11-14,19-20H,9-10,15-16H2,1-2H3,(H,25,27)(H,26,28);11-12H,5-8H2,1-4H3,(H,15,17)(H,16,18);3-6,8-9,11H,1,7H2,2H3,(H,14,15);5,9H,6H2,1-4H3,(H,11,12);1H4/t19-,20-;11-,12-;11-;9-;/m0000./s1. The van der Waals surface area contributed by atoms with Crippen molar-refractivity contribution < 1.29 is 86.0 Å². The van der Waals surface area contributed by atoms with Gasteiger partial charge in [0.1, 0.15) is 36.3 Å². The summed E-state index contributed by atoms with van der Waals surface area (Å²) in [4.78, 5) is 139. The molecule has 0 radical (unpaired) electrons.